The average molecular weight is 398 g/mol. The van der Waals surface area contributed by atoms with Crippen molar-refractivity contribution in [2.45, 2.75) is 29.8 Å². The van der Waals surface area contributed by atoms with Gasteiger partial charge in [-0.3, -0.25) is 0 Å². The number of piperidine rings is 1. The minimum Gasteiger partial charge on any atom is -0.368 e. The van der Waals surface area contributed by atoms with Gasteiger partial charge in [0.2, 0.25) is 0 Å². The largest absolute Gasteiger partial charge is 0.368 e. The Labute approximate surface area is 164 Å². The number of rotatable bonds is 2. The molecular weight excluding hydrogens is 374 g/mol. The van der Waals surface area contributed by atoms with E-state index in [-0.39, 0.29) is 10.5 Å². The number of H-pyrrole nitrogens is 1. The summed E-state index contributed by atoms with van der Waals surface area (Å²) in [7, 11) is -3.22. The Kier molecular flexibility index (Phi) is 4.00. The van der Waals surface area contributed by atoms with Gasteiger partial charge >= 0.3 is 0 Å². The number of anilines is 1. The molecule has 0 saturated carbocycles. The lowest BCUT2D eigenvalue weighted by Crippen LogP contribution is -2.47. The van der Waals surface area contributed by atoms with Crippen molar-refractivity contribution >= 4 is 26.6 Å². The maximum absolute atomic E-state index is 11.6. The van der Waals surface area contributed by atoms with Gasteiger partial charge in [0, 0.05) is 36.4 Å². The van der Waals surface area contributed by atoms with Crippen molar-refractivity contribution in [1.82, 2.24) is 9.97 Å². The van der Waals surface area contributed by atoms with E-state index >= 15 is 0 Å². The highest BCUT2D eigenvalue weighted by molar-refractivity contribution is 7.90. The third kappa shape index (κ3) is 2.81. The van der Waals surface area contributed by atoms with Crippen molar-refractivity contribution in [2.75, 3.05) is 30.9 Å². The molecule has 4 heterocycles. The van der Waals surface area contributed by atoms with Crippen LogP contribution in [0.15, 0.2) is 47.5 Å². The summed E-state index contributed by atoms with van der Waals surface area (Å²) in [6.45, 7) is 2.39. The molecule has 5 rings (SSSR count). The number of aromatic nitrogens is 2. The highest BCUT2D eigenvalue weighted by atomic mass is 32.2. The van der Waals surface area contributed by atoms with Crippen LogP contribution in [0, 0.1) is 0 Å². The summed E-state index contributed by atoms with van der Waals surface area (Å²) in [5.41, 5.74) is 3.54. The molecule has 6 nitrogen and oxygen atoms in total. The smallest absolute Gasteiger partial charge is 0.177 e. The summed E-state index contributed by atoms with van der Waals surface area (Å²) in [6, 6.07) is 11.9. The number of nitrogens with one attached hydrogen (secondary N) is 1. The molecule has 1 aromatic carbocycles. The lowest BCUT2D eigenvalue weighted by atomic mass is 9.83. The molecule has 2 aromatic heterocycles. The number of hydrogen-bond acceptors (Lipinski definition) is 5. The number of pyridine rings is 1. The summed E-state index contributed by atoms with van der Waals surface area (Å²) in [6.07, 6.45) is 5.35. The third-order valence-electron chi connectivity index (χ3n) is 6.04. The van der Waals surface area contributed by atoms with Crippen molar-refractivity contribution in [3.8, 4) is 0 Å². The molecule has 0 bridgehead atoms. The lowest BCUT2D eigenvalue weighted by Gasteiger charge is -2.44. The molecule has 1 saturated heterocycles. The van der Waals surface area contributed by atoms with Crippen molar-refractivity contribution < 1.29 is 13.2 Å². The second-order valence-electron chi connectivity index (χ2n) is 7.73. The standard InChI is InChI=1S/C21H23N3O3S/c1-28(25,26)15-6-7-19(22-14-15)24-11-9-21(10-12-24)20-17(8-13-27-21)16-4-2-3-5-18(16)23-20/h2-7,14,23H,8-13H2,1H3. The number of nitrogens with zero attached hydrogens (tertiary/aromatic N) is 2. The number of sulfone groups is 1. The lowest BCUT2D eigenvalue weighted by molar-refractivity contribution is -0.0791. The maximum atomic E-state index is 11.6. The van der Waals surface area contributed by atoms with Gasteiger partial charge in [-0.2, -0.15) is 0 Å². The molecule has 7 heteroatoms. The van der Waals surface area contributed by atoms with Crippen LogP contribution in [-0.4, -0.2) is 44.3 Å². The van der Waals surface area contributed by atoms with E-state index in [0.29, 0.717) is 0 Å². The first-order chi connectivity index (χ1) is 13.5. The maximum Gasteiger partial charge on any atom is 0.177 e. The summed E-state index contributed by atoms with van der Waals surface area (Å²) in [5.74, 6) is 0.815. The first-order valence-corrected chi connectivity index (χ1v) is 11.5. The molecule has 0 aliphatic carbocycles. The van der Waals surface area contributed by atoms with E-state index in [1.165, 1.54) is 34.6 Å². The Morgan fingerprint density at radius 1 is 1.14 bits per heavy atom. The van der Waals surface area contributed by atoms with Crippen molar-refractivity contribution in [1.29, 1.82) is 0 Å². The molecular formula is C21H23N3O3S. The molecule has 1 fully saturated rings. The molecule has 146 valence electrons. The van der Waals surface area contributed by atoms with Crippen molar-refractivity contribution in [2.24, 2.45) is 0 Å². The van der Waals surface area contributed by atoms with Gasteiger partial charge in [0.1, 0.15) is 11.4 Å². The van der Waals surface area contributed by atoms with E-state index in [0.717, 1.165) is 44.8 Å². The second kappa shape index (κ2) is 6.32. The highest BCUT2D eigenvalue weighted by Gasteiger charge is 2.42. The third-order valence-corrected chi connectivity index (χ3v) is 7.14. The van der Waals surface area contributed by atoms with Crippen LogP contribution < -0.4 is 4.90 Å². The number of benzene rings is 1. The van der Waals surface area contributed by atoms with Gasteiger partial charge in [-0.15, -0.1) is 0 Å². The van der Waals surface area contributed by atoms with Gasteiger partial charge in [-0.25, -0.2) is 13.4 Å². The molecule has 1 N–H and O–H groups in total. The van der Waals surface area contributed by atoms with Gasteiger partial charge in [0.15, 0.2) is 9.84 Å². The van der Waals surface area contributed by atoms with Crippen molar-refractivity contribution in [3.63, 3.8) is 0 Å². The fourth-order valence-electron chi connectivity index (χ4n) is 4.54. The summed E-state index contributed by atoms with van der Waals surface area (Å²) in [4.78, 5) is 10.5. The number of aromatic amines is 1. The fraction of sp³-hybridized carbons (Fsp3) is 0.381. The van der Waals surface area contributed by atoms with Gasteiger partial charge < -0.3 is 14.6 Å². The highest BCUT2D eigenvalue weighted by Crippen LogP contribution is 2.43. The van der Waals surface area contributed by atoms with Crippen LogP contribution in [0.5, 0.6) is 0 Å². The van der Waals surface area contributed by atoms with Crippen LogP contribution in [0.1, 0.15) is 24.1 Å². The first-order valence-electron chi connectivity index (χ1n) is 9.61. The molecule has 0 unspecified atom stereocenters. The number of ether oxygens (including phenoxy) is 1. The van der Waals surface area contributed by atoms with Crippen LogP contribution in [0.2, 0.25) is 0 Å². The number of fused-ring (bicyclic) bond motifs is 4. The van der Waals surface area contributed by atoms with Crippen LogP contribution in [0.3, 0.4) is 0 Å². The Hall–Kier alpha value is -2.38. The Balaban J connectivity index is 1.41. The summed E-state index contributed by atoms with van der Waals surface area (Å²) >= 11 is 0. The Bertz CT molecular complexity index is 1130. The zero-order chi connectivity index (χ0) is 19.4. The number of para-hydroxylation sites is 1. The van der Waals surface area contributed by atoms with E-state index in [4.69, 9.17) is 4.74 Å². The van der Waals surface area contributed by atoms with Crippen LogP contribution in [0.4, 0.5) is 5.82 Å². The Morgan fingerprint density at radius 3 is 2.64 bits per heavy atom. The van der Waals surface area contributed by atoms with E-state index < -0.39 is 9.84 Å². The van der Waals surface area contributed by atoms with Gasteiger partial charge in [0.25, 0.3) is 0 Å². The van der Waals surface area contributed by atoms with E-state index in [1.54, 1.807) is 12.1 Å². The van der Waals surface area contributed by atoms with Crippen LogP contribution in [-0.2, 0) is 26.6 Å². The summed E-state index contributed by atoms with van der Waals surface area (Å²) < 4.78 is 29.6. The molecule has 0 radical (unpaired) electrons. The zero-order valence-corrected chi connectivity index (χ0v) is 16.6. The quantitative estimate of drug-likeness (QED) is 0.719. The Morgan fingerprint density at radius 2 is 1.93 bits per heavy atom. The summed E-state index contributed by atoms with van der Waals surface area (Å²) in [5, 5.41) is 1.31. The van der Waals surface area contributed by atoms with Crippen LogP contribution in [0.25, 0.3) is 10.9 Å². The molecule has 3 aromatic rings. The normalized spacial score (nSPS) is 19.1. The van der Waals surface area contributed by atoms with Crippen molar-refractivity contribution in [3.05, 3.63) is 53.9 Å². The van der Waals surface area contributed by atoms with Crippen LogP contribution >= 0.6 is 0 Å². The molecule has 2 aliphatic rings. The van der Waals surface area contributed by atoms with Gasteiger partial charge in [0.05, 0.1) is 17.2 Å². The van der Waals surface area contributed by atoms with Gasteiger partial charge in [-0.05, 0) is 43.0 Å². The topological polar surface area (TPSA) is 75.3 Å². The van der Waals surface area contributed by atoms with Gasteiger partial charge in [-0.1, -0.05) is 18.2 Å². The minimum absolute atomic E-state index is 0.253. The molecule has 2 aliphatic heterocycles. The number of hydrogen-bond donors (Lipinski definition) is 1. The average Bonchev–Trinajstić information content (AvgIpc) is 3.09. The van der Waals surface area contributed by atoms with E-state index in [1.807, 2.05) is 0 Å². The molecule has 1 spiro atoms. The molecule has 28 heavy (non-hydrogen) atoms. The SMILES string of the molecule is CS(=O)(=O)c1ccc(N2CCC3(CC2)OCCc2c3[nH]c3ccccc23)nc1. The fourth-order valence-corrected chi connectivity index (χ4v) is 5.10. The minimum atomic E-state index is -3.22. The van der Waals surface area contributed by atoms with E-state index in [2.05, 4.69) is 39.1 Å². The molecule has 0 atom stereocenters. The monoisotopic (exact) mass is 397 g/mol. The second-order valence-corrected chi connectivity index (χ2v) is 9.74. The van der Waals surface area contributed by atoms with E-state index in [9.17, 15) is 8.42 Å². The predicted molar refractivity (Wildman–Crippen MR) is 108 cm³/mol. The zero-order valence-electron chi connectivity index (χ0n) is 15.8. The predicted octanol–water partition coefficient (Wildman–Crippen LogP) is 3.03. The molecule has 0 amide bonds. The first kappa shape index (κ1) is 17.7.